The zero-order valence-corrected chi connectivity index (χ0v) is 10.8. The molecule has 0 saturated heterocycles. The first-order valence-electron chi connectivity index (χ1n) is 5.29. The van der Waals surface area contributed by atoms with Crippen molar-refractivity contribution >= 4 is 29.3 Å². The zero-order valence-electron chi connectivity index (χ0n) is 10.0. The number of hydrogen-bond donors (Lipinski definition) is 2. The molecule has 0 spiro atoms. The Morgan fingerprint density at radius 3 is 2.89 bits per heavy atom. The fourth-order valence-electron chi connectivity index (χ4n) is 1.32. The number of ether oxygens (including phenoxy) is 1. The van der Waals surface area contributed by atoms with Crippen LogP contribution in [0.2, 0.25) is 0 Å². The first-order valence-corrected chi connectivity index (χ1v) is 6.44. The molecule has 1 rings (SSSR count). The van der Waals surface area contributed by atoms with Gasteiger partial charge in [-0.3, -0.25) is 9.59 Å². The van der Waals surface area contributed by atoms with Gasteiger partial charge >= 0.3 is 5.97 Å². The summed E-state index contributed by atoms with van der Waals surface area (Å²) in [6, 6.07) is 7.31. The van der Waals surface area contributed by atoms with Gasteiger partial charge in [0.25, 0.3) is 0 Å². The summed E-state index contributed by atoms with van der Waals surface area (Å²) in [7, 11) is 1.46. The minimum atomic E-state index is -0.829. The molecular weight excluding hydrogens is 254 g/mol. The summed E-state index contributed by atoms with van der Waals surface area (Å²) in [4.78, 5) is 21.7. The molecule has 0 unspecified atom stereocenters. The van der Waals surface area contributed by atoms with E-state index < -0.39 is 5.97 Å². The summed E-state index contributed by atoms with van der Waals surface area (Å²) in [5.41, 5.74) is 1.65. The number of anilines is 1. The minimum Gasteiger partial charge on any atom is -0.481 e. The summed E-state index contributed by atoms with van der Waals surface area (Å²) in [6.07, 6.45) is 0. The van der Waals surface area contributed by atoms with Crippen LogP contribution in [-0.4, -0.2) is 36.5 Å². The Morgan fingerprint density at radius 1 is 1.44 bits per heavy atom. The van der Waals surface area contributed by atoms with E-state index in [1.165, 1.54) is 18.9 Å². The van der Waals surface area contributed by atoms with Crippen molar-refractivity contribution < 1.29 is 19.4 Å². The third-order valence-corrected chi connectivity index (χ3v) is 2.97. The lowest BCUT2D eigenvalue weighted by Crippen LogP contribution is -2.17. The molecule has 0 aromatic heterocycles. The summed E-state index contributed by atoms with van der Waals surface area (Å²) in [5.74, 6) is -0.377. The number of thioether (sulfide) groups is 1. The normalized spacial score (nSPS) is 10.1. The van der Waals surface area contributed by atoms with Gasteiger partial charge < -0.3 is 15.2 Å². The lowest BCUT2D eigenvalue weighted by atomic mass is 10.2. The molecule has 0 aliphatic heterocycles. The molecule has 0 fully saturated rings. The van der Waals surface area contributed by atoms with Gasteiger partial charge in [0.05, 0.1) is 5.75 Å². The lowest BCUT2D eigenvalue weighted by molar-refractivity contribution is -0.133. The molecule has 5 nitrogen and oxygen atoms in total. The van der Waals surface area contributed by atoms with Crippen molar-refractivity contribution in [1.82, 2.24) is 0 Å². The molecule has 0 atom stereocenters. The summed E-state index contributed by atoms with van der Waals surface area (Å²) in [5, 5.41) is 11.2. The number of hydrogen-bond acceptors (Lipinski definition) is 4. The molecule has 0 saturated carbocycles. The number of carboxylic acid groups (broad SMARTS) is 1. The van der Waals surface area contributed by atoms with Crippen LogP contribution in [0.5, 0.6) is 0 Å². The molecular formula is C12H15NO4S. The van der Waals surface area contributed by atoms with E-state index in [0.717, 1.165) is 5.56 Å². The monoisotopic (exact) mass is 269 g/mol. The SMILES string of the molecule is COCC(=O)Nc1cccc(CSCC(=O)O)c1. The predicted octanol–water partition coefficient (Wildman–Crippen LogP) is 1.59. The molecule has 0 heterocycles. The highest BCUT2D eigenvalue weighted by molar-refractivity contribution is 7.99. The van der Waals surface area contributed by atoms with Crippen LogP contribution in [0.3, 0.4) is 0 Å². The van der Waals surface area contributed by atoms with E-state index in [0.29, 0.717) is 11.4 Å². The molecule has 18 heavy (non-hydrogen) atoms. The summed E-state index contributed by atoms with van der Waals surface area (Å²) >= 11 is 1.32. The van der Waals surface area contributed by atoms with Crippen molar-refractivity contribution in [3.63, 3.8) is 0 Å². The van der Waals surface area contributed by atoms with Gasteiger partial charge in [-0.25, -0.2) is 0 Å². The van der Waals surface area contributed by atoms with Crippen molar-refractivity contribution in [2.24, 2.45) is 0 Å². The Kier molecular flexibility index (Phi) is 6.24. The Hall–Kier alpha value is -1.53. The van der Waals surface area contributed by atoms with Crippen LogP contribution in [0.15, 0.2) is 24.3 Å². The molecule has 98 valence electrons. The van der Waals surface area contributed by atoms with Crippen molar-refractivity contribution in [3.05, 3.63) is 29.8 Å². The van der Waals surface area contributed by atoms with Crippen LogP contribution in [0.1, 0.15) is 5.56 Å². The van der Waals surface area contributed by atoms with Gasteiger partial charge in [-0.1, -0.05) is 12.1 Å². The van der Waals surface area contributed by atoms with Crippen molar-refractivity contribution in [3.8, 4) is 0 Å². The fraction of sp³-hybridized carbons (Fsp3) is 0.333. The Morgan fingerprint density at radius 2 is 2.22 bits per heavy atom. The molecule has 6 heteroatoms. The molecule has 1 aromatic rings. The maximum Gasteiger partial charge on any atom is 0.313 e. The average molecular weight is 269 g/mol. The van der Waals surface area contributed by atoms with E-state index in [4.69, 9.17) is 9.84 Å². The van der Waals surface area contributed by atoms with Gasteiger partial charge in [0.1, 0.15) is 6.61 Å². The van der Waals surface area contributed by atoms with Crippen LogP contribution in [0.4, 0.5) is 5.69 Å². The predicted molar refractivity (Wildman–Crippen MR) is 70.7 cm³/mol. The number of rotatable bonds is 7. The number of amides is 1. The first-order chi connectivity index (χ1) is 8.61. The lowest BCUT2D eigenvalue weighted by Gasteiger charge is -2.06. The molecule has 0 radical (unpaired) electrons. The van der Waals surface area contributed by atoms with Crippen molar-refractivity contribution in [1.29, 1.82) is 0 Å². The highest BCUT2D eigenvalue weighted by Gasteiger charge is 2.03. The molecule has 1 aromatic carbocycles. The Balaban J connectivity index is 2.51. The second-order valence-corrected chi connectivity index (χ2v) is 4.55. The smallest absolute Gasteiger partial charge is 0.313 e. The van der Waals surface area contributed by atoms with E-state index in [9.17, 15) is 9.59 Å². The molecule has 2 N–H and O–H groups in total. The number of aliphatic carboxylic acids is 1. The summed E-state index contributed by atoms with van der Waals surface area (Å²) < 4.78 is 4.72. The second kappa shape index (κ2) is 7.73. The van der Waals surface area contributed by atoms with Gasteiger partial charge in [0, 0.05) is 18.6 Å². The van der Waals surface area contributed by atoms with Gasteiger partial charge in [0.15, 0.2) is 0 Å². The first kappa shape index (κ1) is 14.5. The van der Waals surface area contributed by atoms with Gasteiger partial charge in [-0.05, 0) is 17.7 Å². The zero-order chi connectivity index (χ0) is 13.4. The third kappa shape index (κ3) is 5.70. The van der Waals surface area contributed by atoms with Crippen molar-refractivity contribution in [2.45, 2.75) is 5.75 Å². The van der Waals surface area contributed by atoms with E-state index >= 15 is 0 Å². The van der Waals surface area contributed by atoms with E-state index in [1.54, 1.807) is 6.07 Å². The number of benzene rings is 1. The van der Waals surface area contributed by atoms with E-state index in [-0.39, 0.29) is 18.3 Å². The third-order valence-electron chi connectivity index (χ3n) is 1.98. The summed E-state index contributed by atoms with van der Waals surface area (Å²) in [6.45, 7) is 0.0119. The Labute approximate surface area is 110 Å². The van der Waals surface area contributed by atoms with E-state index in [2.05, 4.69) is 5.32 Å². The van der Waals surface area contributed by atoms with Gasteiger partial charge in [-0.15, -0.1) is 11.8 Å². The number of methoxy groups -OCH3 is 1. The average Bonchev–Trinajstić information content (AvgIpc) is 2.29. The molecule has 0 aliphatic rings. The maximum atomic E-state index is 11.3. The van der Waals surface area contributed by atoms with Crippen LogP contribution in [0, 0.1) is 0 Å². The maximum absolute atomic E-state index is 11.3. The standard InChI is InChI=1S/C12H15NO4S/c1-17-6-11(14)13-10-4-2-3-9(5-10)7-18-8-12(15)16/h2-5H,6-8H2,1H3,(H,13,14)(H,15,16). The fourth-order valence-corrected chi connectivity index (χ4v) is 2.02. The molecule has 0 bridgehead atoms. The molecule has 0 aliphatic carbocycles. The van der Waals surface area contributed by atoms with Gasteiger partial charge in [-0.2, -0.15) is 0 Å². The van der Waals surface area contributed by atoms with E-state index in [1.807, 2.05) is 18.2 Å². The topological polar surface area (TPSA) is 75.6 Å². The number of carbonyl (C=O) groups is 2. The quantitative estimate of drug-likeness (QED) is 0.786. The highest BCUT2D eigenvalue weighted by Crippen LogP contribution is 2.16. The number of nitrogens with one attached hydrogen (secondary N) is 1. The minimum absolute atomic E-state index is 0.0119. The largest absolute Gasteiger partial charge is 0.481 e. The number of carboxylic acids is 1. The second-order valence-electron chi connectivity index (χ2n) is 3.57. The van der Waals surface area contributed by atoms with Gasteiger partial charge in [0.2, 0.25) is 5.91 Å². The number of carbonyl (C=O) groups excluding carboxylic acids is 1. The van der Waals surface area contributed by atoms with Crippen molar-refractivity contribution in [2.75, 3.05) is 24.8 Å². The Bertz CT molecular complexity index is 422. The van der Waals surface area contributed by atoms with Crippen LogP contribution in [-0.2, 0) is 20.1 Å². The van der Waals surface area contributed by atoms with Crippen LogP contribution < -0.4 is 5.32 Å². The molecule has 1 amide bonds. The highest BCUT2D eigenvalue weighted by atomic mass is 32.2. The van der Waals surface area contributed by atoms with Crippen LogP contribution >= 0.6 is 11.8 Å². The van der Waals surface area contributed by atoms with Crippen LogP contribution in [0.25, 0.3) is 0 Å².